The fourth-order valence-electron chi connectivity index (χ4n) is 1.54. The summed E-state index contributed by atoms with van der Waals surface area (Å²) >= 11 is 0. The topological polar surface area (TPSA) is 127 Å². The second kappa shape index (κ2) is 3.68. The maximum Gasteiger partial charge on any atom is 0.345 e. The van der Waals surface area contributed by atoms with Gasteiger partial charge < -0.3 is 24.9 Å². The van der Waals surface area contributed by atoms with Gasteiger partial charge in [-0.2, -0.15) is 0 Å². The first-order valence-electron chi connectivity index (χ1n) is 4.03. The first-order chi connectivity index (χ1) is 6.21. The molecule has 0 radical (unpaired) electrons. The van der Waals surface area contributed by atoms with E-state index in [1.165, 1.54) is 0 Å². The van der Waals surface area contributed by atoms with Gasteiger partial charge in [-0.05, 0) is 19.4 Å². The van der Waals surface area contributed by atoms with E-state index in [2.05, 4.69) is 5.32 Å². The molecule has 7 nitrogen and oxygen atoms in total. The van der Waals surface area contributed by atoms with Crippen LogP contribution >= 0.6 is 15.2 Å². The molecule has 9 heteroatoms. The SMILES string of the molecule is O=P(O)(O)C1(P(=O)(O)O)CCCNC1. The van der Waals surface area contributed by atoms with Gasteiger partial charge in [0.15, 0.2) is 4.90 Å². The monoisotopic (exact) mass is 245 g/mol. The molecule has 0 aromatic rings. The van der Waals surface area contributed by atoms with Crippen LogP contribution in [-0.2, 0) is 9.13 Å². The van der Waals surface area contributed by atoms with E-state index in [9.17, 15) is 9.13 Å². The zero-order chi connectivity index (χ0) is 11.0. The van der Waals surface area contributed by atoms with Crippen LogP contribution in [0.4, 0.5) is 0 Å². The molecule has 0 aliphatic carbocycles. The molecule has 1 heterocycles. The number of piperidine rings is 1. The zero-order valence-corrected chi connectivity index (χ0v) is 9.12. The van der Waals surface area contributed by atoms with Crippen LogP contribution in [0, 0.1) is 0 Å². The Morgan fingerprint density at radius 2 is 1.57 bits per heavy atom. The third-order valence-corrected chi connectivity index (χ3v) is 6.92. The van der Waals surface area contributed by atoms with Crippen molar-refractivity contribution in [2.24, 2.45) is 0 Å². The van der Waals surface area contributed by atoms with Gasteiger partial charge in [-0.25, -0.2) is 0 Å². The maximum atomic E-state index is 11.1. The number of hydrogen-bond acceptors (Lipinski definition) is 3. The highest BCUT2D eigenvalue weighted by molar-refractivity contribution is 7.72. The van der Waals surface area contributed by atoms with Crippen molar-refractivity contribution in [3.63, 3.8) is 0 Å². The Kier molecular flexibility index (Phi) is 3.24. The maximum absolute atomic E-state index is 11.1. The van der Waals surface area contributed by atoms with Gasteiger partial charge in [-0.1, -0.05) is 0 Å². The van der Waals surface area contributed by atoms with Crippen LogP contribution in [0.5, 0.6) is 0 Å². The molecule has 1 aliphatic rings. The molecule has 0 unspecified atom stereocenters. The lowest BCUT2D eigenvalue weighted by atomic mass is 10.1. The molecule has 0 spiro atoms. The van der Waals surface area contributed by atoms with Crippen LogP contribution in [0.15, 0.2) is 0 Å². The summed E-state index contributed by atoms with van der Waals surface area (Å²) in [4.78, 5) is 33.8. The van der Waals surface area contributed by atoms with Gasteiger partial charge in [-0.3, -0.25) is 9.13 Å². The fraction of sp³-hybridized carbons (Fsp3) is 1.00. The highest BCUT2D eigenvalue weighted by Gasteiger charge is 2.60. The van der Waals surface area contributed by atoms with E-state index in [0.717, 1.165) is 0 Å². The van der Waals surface area contributed by atoms with Gasteiger partial charge in [0.1, 0.15) is 0 Å². The van der Waals surface area contributed by atoms with E-state index < -0.39 is 20.1 Å². The van der Waals surface area contributed by atoms with Crippen LogP contribution in [0.2, 0.25) is 0 Å². The number of hydrogen-bond donors (Lipinski definition) is 5. The van der Waals surface area contributed by atoms with E-state index in [-0.39, 0.29) is 13.0 Å². The standard InChI is InChI=1S/C5H13NO6P2/c7-13(8,9)5(14(10,11)12)2-1-3-6-4-5/h6H,1-4H2,(H2,7,8,9)(H2,10,11,12). The van der Waals surface area contributed by atoms with Crippen LogP contribution in [0.25, 0.3) is 0 Å². The normalized spacial score (nSPS) is 23.4. The molecule has 0 aromatic carbocycles. The van der Waals surface area contributed by atoms with E-state index in [1.807, 2.05) is 0 Å². The summed E-state index contributed by atoms with van der Waals surface area (Å²) in [7, 11) is -9.64. The number of rotatable bonds is 2. The largest absolute Gasteiger partial charge is 0.345 e. The third-order valence-electron chi connectivity index (χ3n) is 2.42. The summed E-state index contributed by atoms with van der Waals surface area (Å²) in [5, 5.41) is 2.60. The molecule has 0 amide bonds. The highest BCUT2D eigenvalue weighted by atomic mass is 31.2. The fourth-order valence-corrected chi connectivity index (χ4v) is 4.43. The Morgan fingerprint density at radius 1 is 1.07 bits per heavy atom. The molecular weight excluding hydrogens is 232 g/mol. The molecule has 0 bridgehead atoms. The summed E-state index contributed by atoms with van der Waals surface area (Å²) in [5.41, 5.74) is 0. The van der Waals surface area contributed by atoms with Gasteiger partial charge >= 0.3 is 15.2 Å². The minimum Gasteiger partial charge on any atom is -0.324 e. The Balaban J connectivity index is 3.15. The number of nitrogens with one attached hydrogen (secondary N) is 1. The molecular formula is C5H13NO6P2. The lowest BCUT2D eigenvalue weighted by Crippen LogP contribution is -2.45. The van der Waals surface area contributed by atoms with Crippen molar-refractivity contribution in [1.29, 1.82) is 0 Å². The smallest absolute Gasteiger partial charge is 0.324 e. The Bertz CT molecular complexity index is 275. The van der Waals surface area contributed by atoms with Crippen molar-refractivity contribution >= 4 is 15.2 Å². The van der Waals surface area contributed by atoms with E-state index in [1.54, 1.807) is 0 Å². The van der Waals surface area contributed by atoms with Crippen molar-refractivity contribution in [1.82, 2.24) is 5.32 Å². The molecule has 5 N–H and O–H groups in total. The molecule has 0 atom stereocenters. The van der Waals surface area contributed by atoms with Crippen molar-refractivity contribution in [3.8, 4) is 0 Å². The third kappa shape index (κ3) is 1.95. The highest BCUT2D eigenvalue weighted by Crippen LogP contribution is 2.71. The second-order valence-electron chi connectivity index (χ2n) is 3.35. The minimum absolute atomic E-state index is 0.158. The molecule has 84 valence electrons. The van der Waals surface area contributed by atoms with Gasteiger partial charge in [-0.15, -0.1) is 0 Å². The first kappa shape index (κ1) is 12.3. The average Bonchev–Trinajstić information content (AvgIpc) is 2.02. The van der Waals surface area contributed by atoms with Gasteiger partial charge in [0.05, 0.1) is 0 Å². The molecule has 1 saturated heterocycles. The summed E-state index contributed by atoms with van der Waals surface area (Å²) in [5.74, 6) is 0. The van der Waals surface area contributed by atoms with Crippen molar-refractivity contribution in [3.05, 3.63) is 0 Å². The Morgan fingerprint density at radius 3 is 1.79 bits per heavy atom. The summed E-state index contributed by atoms with van der Waals surface area (Å²) < 4.78 is 22.2. The molecule has 14 heavy (non-hydrogen) atoms. The average molecular weight is 245 g/mol. The van der Waals surface area contributed by atoms with E-state index >= 15 is 0 Å². The molecule has 0 saturated carbocycles. The van der Waals surface area contributed by atoms with Gasteiger partial charge in [0, 0.05) is 6.54 Å². The minimum atomic E-state index is -4.82. The van der Waals surface area contributed by atoms with Crippen LogP contribution in [-0.4, -0.2) is 37.6 Å². The quantitative estimate of drug-likeness (QED) is 0.412. The molecule has 0 aromatic heterocycles. The summed E-state index contributed by atoms with van der Waals surface area (Å²) in [6, 6.07) is 0. The molecule has 1 rings (SSSR count). The van der Waals surface area contributed by atoms with E-state index in [0.29, 0.717) is 13.0 Å². The first-order valence-corrected chi connectivity index (χ1v) is 7.25. The molecule has 1 fully saturated rings. The predicted molar refractivity (Wildman–Crippen MR) is 48.9 cm³/mol. The van der Waals surface area contributed by atoms with Crippen molar-refractivity contribution in [2.75, 3.05) is 13.1 Å². The van der Waals surface area contributed by atoms with Crippen LogP contribution in [0.3, 0.4) is 0 Å². The Labute approximate surface area is 80.8 Å². The van der Waals surface area contributed by atoms with Gasteiger partial charge in [0.25, 0.3) is 0 Å². The lowest BCUT2D eigenvalue weighted by Gasteiger charge is -2.37. The van der Waals surface area contributed by atoms with Crippen molar-refractivity contribution in [2.45, 2.75) is 17.7 Å². The van der Waals surface area contributed by atoms with E-state index in [4.69, 9.17) is 19.6 Å². The van der Waals surface area contributed by atoms with Crippen LogP contribution < -0.4 is 5.32 Å². The van der Waals surface area contributed by atoms with Gasteiger partial charge in [0.2, 0.25) is 0 Å². The summed E-state index contributed by atoms with van der Waals surface area (Å²) in [6.45, 7) is 0.170. The Hall–Kier alpha value is 0.260. The summed E-state index contributed by atoms with van der Waals surface area (Å²) in [6.07, 6.45) is 0.185. The predicted octanol–water partition coefficient (Wildman–Crippen LogP) is -0.579. The lowest BCUT2D eigenvalue weighted by molar-refractivity contribution is 0.283. The van der Waals surface area contributed by atoms with Crippen LogP contribution in [0.1, 0.15) is 12.8 Å². The van der Waals surface area contributed by atoms with Crippen molar-refractivity contribution < 1.29 is 28.7 Å². The second-order valence-corrected chi connectivity index (χ2v) is 7.59. The zero-order valence-electron chi connectivity index (χ0n) is 7.33. The molecule has 1 aliphatic heterocycles.